The molecule has 0 spiro atoms. The zero-order valence-corrected chi connectivity index (χ0v) is 19.1. The number of nitrogens with zero attached hydrogens (tertiary/aromatic N) is 1. The Bertz CT molecular complexity index is 954. The third-order valence-corrected chi connectivity index (χ3v) is 4.98. The summed E-state index contributed by atoms with van der Waals surface area (Å²) in [4.78, 5) is 16.5. The van der Waals surface area contributed by atoms with Crippen molar-refractivity contribution < 1.29 is 14.3 Å². The molecular weight excluding hydrogens is 400 g/mol. The van der Waals surface area contributed by atoms with Crippen molar-refractivity contribution in [2.24, 2.45) is 0 Å². The number of ether oxygens (including phenoxy) is 2. The third-order valence-electron chi connectivity index (χ3n) is 4.98. The zero-order chi connectivity index (χ0) is 22.8. The number of hydrogen-bond donors (Lipinski definition) is 1. The maximum Gasteiger partial charge on any atom is 0.220 e. The lowest BCUT2D eigenvalue weighted by Gasteiger charge is -2.14. The van der Waals surface area contributed by atoms with Gasteiger partial charge in [-0.1, -0.05) is 42.5 Å². The molecule has 0 bridgehead atoms. The van der Waals surface area contributed by atoms with E-state index in [9.17, 15) is 4.79 Å². The molecule has 0 aliphatic rings. The second-order valence-electron chi connectivity index (χ2n) is 8.24. The van der Waals surface area contributed by atoms with Crippen LogP contribution in [0.2, 0.25) is 0 Å². The van der Waals surface area contributed by atoms with Gasteiger partial charge in [-0.3, -0.25) is 4.79 Å². The lowest BCUT2D eigenvalue weighted by atomic mass is 10.1. The molecule has 1 atom stereocenters. The van der Waals surface area contributed by atoms with Gasteiger partial charge in [-0.25, -0.2) is 4.98 Å². The van der Waals surface area contributed by atoms with Crippen LogP contribution in [0.25, 0.3) is 0 Å². The van der Waals surface area contributed by atoms with E-state index >= 15 is 0 Å². The molecule has 5 nitrogen and oxygen atoms in total. The molecule has 1 N–H and O–H groups in total. The molecule has 0 fully saturated rings. The molecule has 1 heterocycles. The molecule has 1 unspecified atom stereocenters. The minimum Gasteiger partial charge on any atom is -0.489 e. The zero-order valence-electron chi connectivity index (χ0n) is 19.1. The largest absolute Gasteiger partial charge is 0.489 e. The van der Waals surface area contributed by atoms with Crippen LogP contribution < -0.4 is 14.8 Å². The molecule has 3 rings (SSSR count). The quantitative estimate of drug-likeness (QED) is 0.420. The molecule has 32 heavy (non-hydrogen) atoms. The first-order valence-corrected chi connectivity index (χ1v) is 11.2. The van der Waals surface area contributed by atoms with Gasteiger partial charge in [0.15, 0.2) is 0 Å². The lowest BCUT2D eigenvalue weighted by Crippen LogP contribution is -2.33. The number of nitrogens with one attached hydrogen (secondary N) is 1. The molecule has 5 heteroatoms. The number of carbonyl (C=O) groups is 1. The summed E-state index contributed by atoms with van der Waals surface area (Å²) >= 11 is 0. The molecule has 3 aromatic rings. The highest BCUT2D eigenvalue weighted by molar-refractivity contribution is 5.76. The minimum atomic E-state index is 0.0995. The van der Waals surface area contributed by atoms with Crippen molar-refractivity contribution in [2.45, 2.75) is 58.6 Å². The Kier molecular flexibility index (Phi) is 8.67. The van der Waals surface area contributed by atoms with E-state index in [0.29, 0.717) is 12.3 Å². The second kappa shape index (κ2) is 11.9. The number of hydrogen-bond acceptors (Lipinski definition) is 4. The van der Waals surface area contributed by atoms with E-state index in [1.807, 2.05) is 50.2 Å². The Morgan fingerprint density at radius 1 is 0.875 bits per heavy atom. The van der Waals surface area contributed by atoms with Crippen molar-refractivity contribution in [3.63, 3.8) is 0 Å². The molecule has 0 saturated heterocycles. The van der Waals surface area contributed by atoms with Crippen LogP contribution in [0.1, 0.15) is 44.7 Å². The molecule has 0 aliphatic carbocycles. The summed E-state index contributed by atoms with van der Waals surface area (Å²) in [5.74, 6) is 2.09. The van der Waals surface area contributed by atoms with E-state index in [4.69, 9.17) is 9.47 Å². The standard InChI is InChI=1S/C27H32N2O3/c1-20(2)31-25-16-18-27(28-19-25)32-24-14-11-23(12-15-24)10-9-21(3)29-26(30)17-13-22-7-5-4-6-8-22/h4-8,11-12,14-16,18-21H,9-10,13,17H2,1-3H3,(H,29,30). The van der Waals surface area contributed by atoms with E-state index in [2.05, 4.69) is 41.5 Å². The molecule has 1 amide bonds. The van der Waals surface area contributed by atoms with Gasteiger partial charge in [0.05, 0.1) is 12.3 Å². The van der Waals surface area contributed by atoms with Gasteiger partial charge in [-0.15, -0.1) is 0 Å². The van der Waals surface area contributed by atoms with E-state index in [-0.39, 0.29) is 18.1 Å². The number of aromatic nitrogens is 1. The molecule has 0 radical (unpaired) electrons. The third kappa shape index (κ3) is 8.06. The average Bonchev–Trinajstić information content (AvgIpc) is 2.79. The summed E-state index contributed by atoms with van der Waals surface area (Å²) in [6, 6.07) is 21.9. The first-order valence-electron chi connectivity index (χ1n) is 11.2. The van der Waals surface area contributed by atoms with Crippen LogP contribution in [-0.4, -0.2) is 23.0 Å². The van der Waals surface area contributed by atoms with Crippen molar-refractivity contribution in [3.05, 3.63) is 84.1 Å². The van der Waals surface area contributed by atoms with Gasteiger partial charge in [0.1, 0.15) is 11.5 Å². The number of benzene rings is 2. The van der Waals surface area contributed by atoms with Crippen LogP contribution in [0.15, 0.2) is 72.9 Å². The molecular formula is C27H32N2O3. The first kappa shape index (κ1) is 23.3. The van der Waals surface area contributed by atoms with Crippen molar-refractivity contribution in [3.8, 4) is 17.4 Å². The fraction of sp³-hybridized carbons (Fsp3) is 0.333. The molecule has 1 aromatic heterocycles. The Morgan fingerprint density at radius 2 is 1.56 bits per heavy atom. The van der Waals surface area contributed by atoms with Gasteiger partial charge in [-0.2, -0.15) is 0 Å². The van der Waals surface area contributed by atoms with Crippen molar-refractivity contribution in [1.82, 2.24) is 10.3 Å². The smallest absolute Gasteiger partial charge is 0.220 e. The summed E-state index contributed by atoms with van der Waals surface area (Å²) in [6.45, 7) is 6.01. The van der Waals surface area contributed by atoms with Gasteiger partial charge in [0, 0.05) is 18.5 Å². The van der Waals surface area contributed by atoms with Crippen LogP contribution in [0, 0.1) is 0 Å². The maximum atomic E-state index is 12.2. The van der Waals surface area contributed by atoms with Crippen molar-refractivity contribution >= 4 is 5.91 Å². The Labute approximate surface area is 190 Å². The fourth-order valence-corrected chi connectivity index (χ4v) is 3.32. The Hall–Kier alpha value is -3.34. The van der Waals surface area contributed by atoms with Crippen molar-refractivity contribution in [1.29, 1.82) is 0 Å². The summed E-state index contributed by atoms with van der Waals surface area (Å²) in [7, 11) is 0. The summed E-state index contributed by atoms with van der Waals surface area (Å²) in [5, 5.41) is 3.10. The first-order chi connectivity index (χ1) is 15.5. The fourth-order valence-electron chi connectivity index (χ4n) is 3.32. The van der Waals surface area contributed by atoms with Crippen LogP contribution in [-0.2, 0) is 17.6 Å². The SMILES string of the molecule is CC(CCc1ccc(Oc2ccc(OC(C)C)cn2)cc1)NC(=O)CCc1ccccc1. The average molecular weight is 433 g/mol. The highest BCUT2D eigenvalue weighted by Crippen LogP contribution is 2.22. The lowest BCUT2D eigenvalue weighted by molar-refractivity contribution is -0.121. The monoisotopic (exact) mass is 432 g/mol. The van der Waals surface area contributed by atoms with Gasteiger partial charge in [0.2, 0.25) is 11.8 Å². The van der Waals surface area contributed by atoms with Crippen LogP contribution in [0.4, 0.5) is 0 Å². The van der Waals surface area contributed by atoms with E-state index in [1.54, 1.807) is 12.3 Å². The molecule has 2 aromatic carbocycles. The summed E-state index contributed by atoms with van der Waals surface area (Å²) < 4.78 is 11.4. The number of aryl methyl sites for hydroxylation is 2. The summed E-state index contributed by atoms with van der Waals surface area (Å²) in [5.41, 5.74) is 2.39. The molecule has 168 valence electrons. The Morgan fingerprint density at radius 3 is 2.22 bits per heavy atom. The predicted molar refractivity (Wildman–Crippen MR) is 127 cm³/mol. The number of carbonyl (C=O) groups excluding carboxylic acids is 1. The van der Waals surface area contributed by atoms with Crippen LogP contribution in [0.5, 0.6) is 17.4 Å². The molecule has 0 aliphatic heterocycles. The highest BCUT2D eigenvalue weighted by atomic mass is 16.5. The number of amides is 1. The van der Waals surface area contributed by atoms with Gasteiger partial charge in [0.25, 0.3) is 0 Å². The topological polar surface area (TPSA) is 60.5 Å². The normalized spacial score (nSPS) is 11.8. The Balaban J connectivity index is 1.39. The van der Waals surface area contributed by atoms with Crippen molar-refractivity contribution in [2.75, 3.05) is 0 Å². The maximum absolute atomic E-state index is 12.2. The van der Waals surface area contributed by atoms with E-state index < -0.39 is 0 Å². The number of pyridine rings is 1. The molecule has 0 saturated carbocycles. The van der Waals surface area contributed by atoms with Gasteiger partial charge < -0.3 is 14.8 Å². The predicted octanol–water partition coefficient (Wildman–Crippen LogP) is 5.73. The van der Waals surface area contributed by atoms with E-state index in [1.165, 1.54) is 11.1 Å². The number of rotatable bonds is 11. The van der Waals surface area contributed by atoms with Crippen LogP contribution >= 0.6 is 0 Å². The van der Waals surface area contributed by atoms with Gasteiger partial charge in [-0.05, 0) is 69.4 Å². The van der Waals surface area contributed by atoms with Crippen LogP contribution in [0.3, 0.4) is 0 Å². The van der Waals surface area contributed by atoms with Gasteiger partial charge >= 0.3 is 0 Å². The highest BCUT2D eigenvalue weighted by Gasteiger charge is 2.08. The second-order valence-corrected chi connectivity index (χ2v) is 8.24. The van der Waals surface area contributed by atoms with E-state index in [0.717, 1.165) is 30.8 Å². The minimum absolute atomic E-state index is 0.0995. The summed E-state index contributed by atoms with van der Waals surface area (Å²) in [6.07, 6.45) is 4.83.